The van der Waals surface area contributed by atoms with Gasteiger partial charge >= 0.3 is 5.69 Å². The van der Waals surface area contributed by atoms with Crippen molar-refractivity contribution in [3.05, 3.63) is 82.3 Å². The van der Waals surface area contributed by atoms with Gasteiger partial charge in [-0.1, -0.05) is 29.5 Å². The van der Waals surface area contributed by atoms with Crippen LogP contribution in [0.25, 0.3) is 11.0 Å². The molecule has 1 amide bonds. The summed E-state index contributed by atoms with van der Waals surface area (Å²) < 4.78 is 8.43. The monoisotopic (exact) mass is 433 g/mol. The zero-order valence-corrected chi connectivity index (χ0v) is 18.6. The van der Waals surface area contributed by atoms with Gasteiger partial charge in [0.2, 0.25) is 0 Å². The van der Waals surface area contributed by atoms with Crippen LogP contribution in [0.5, 0.6) is 5.75 Å². The van der Waals surface area contributed by atoms with E-state index in [9.17, 15) is 9.59 Å². The van der Waals surface area contributed by atoms with E-state index in [0.717, 1.165) is 32.1 Å². The van der Waals surface area contributed by atoms with Crippen LogP contribution in [0.2, 0.25) is 0 Å². The van der Waals surface area contributed by atoms with Crippen molar-refractivity contribution in [2.24, 2.45) is 14.1 Å². The first-order valence-corrected chi connectivity index (χ1v) is 10.6. The number of carbonyl (C=O) groups is 1. The van der Waals surface area contributed by atoms with Crippen molar-refractivity contribution in [3.63, 3.8) is 0 Å². The molecule has 7 heteroatoms. The summed E-state index contributed by atoms with van der Waals surface area (Å²) in [4.78, 5) is 27.2. The number of aryl methyl sites for hydroxylation is 3. The number of rotatable bonds is 5. The van der Waals surface area contributed by atoms with E-state index < -0.39 is 0 Å². The van der Waals surface area contributed by atoms with Crippen molar-refractivity contribution in [2.45, 2.75) is 16.7 Å². The molecule has 1 aromatic heterocycles. The number of ether oxygens (including phenoxy) is 1. The molecule has 0 saturated carbocycles. The number of hydrogen-bond donors (Lipinski definition) is 1. The maximum absolute atomic E-state index is 12.9. The second-order valence-corrected chi connectivity index (χ2v) is 8.45. The fraction of sp³-hybridized carbons (Fsp3) is 0.167. The number of nitrogens with one attached hydrogen (secondary N) is 1. The highest BCUT2D eigenvalue weighted by Gasteiger charge is 2.16. The Morgan fingerprint density at radius 2 is 1.55 bits per heavy atom. The van der Waals surface area contributed by atoms with Crippen LogP contribution < -0.4 is 15.7 Å². The number of hydrogen-bond acceptors (Lipinski definition) is 4. The maximum Gasteiger partial charge on any atom is 0.328 e. The predicted molar refractivity (Wildman–Crippen MR) is 124 cm³/mol. The summed E-state index contributed by atoms with van der Waals surface area (Å²) in [5.74, 6) is 0.579. The van der Waals surface area contributed by atoms with Crippen molar-refractivity contribution in [1.29, 1.82) is 0 Å². The molecule has 0 radical (unpaired) electrons. The van der Waals surface area contributed by atoms with Crippen molar-refractivity contribution >= 4 is 34.4 Å². The van der Waals surface area contributed by atoms with Gasteiger partial charge in [0.15, 0.2) is 0 Å². The predicted octanol–water partition coefficient (Wildman–Crippen LogP) is 4.60. The van der Waals surface area contributed by atoms with Gasteiger partial charge in [0.25, 0.3) is 5.91 Å². The SMILES string of the molecule is COc1ccc(Sc2cc3c(cc2NC(=O)c2ccc(C)cc2)n(C)c(=O)n3C)cc1. The first-order valence-electron chi connectivity index (χ1n) is 9.77. The maximum atomic E-state index is 12.9. The Balaban J connectivity index is 1.77. The van der Waals surface area contributed by atoms with Gasteiger partial charge in [-0.2, -0.15) is 0 Å². The number of carbonyl (C=O) groups excluding carboxylic acids is 1. The standard InChI is InChI=1S/C24H23N3O3S/c1-15-5-7-16(8-6-15)23(28)25-19-13-20-21(27(3)24(29)26(20)2)14-22(19)31-18-11-9-17(30-4)10-12-18/h5-14H,1-4H3,(H,25,28). The van der Waals surface area contributed by atoms with E-state index in [1.807, 2.05) is 55.5 Å². The molecule has 4 aromatic rings. The molecule has 0 aliphatic carbocycles. The molecule has 0 fully saturated rings. The number of aromatic nitrogens is 2. The lowest BCUT2D eigenvalue weighted by atomic mass is 10.1. The van der Waals surface area contributed by atoms with Crippen LogP contribution in [0, 0.1) is 6.92 Å². The zero-order valence-electron chi connectivity index (χ0n) is 17.8. The largest absolute Gasteiger partial charge is 0.497 e. The van der Waals surface area contributed by atoms with Crippen LogP contribution in [-0.4, -0.2) is 22.2 Å². The normalized spacial score (nSPS) is 11.0. The molecule has 1 N–H and O–H groups in total. The van der Waals surface area contributed by atoms with Crippen LogP contribution in [0.3, 0.4) is 0 Å². The van der Waals surface area contributed by atoms with E-state index >= 15 is 0 Å². The van der Waals surface area contributed by atoms with Crippen LogP contribution in [0.1, 0.15) is 15.9 Å². The van der Waals surface area contributed by atoms with Crippen molar-refractivity contribution in [2.75, 3.05) is 12.4 Å². The molecule has 4 rings (SSSR count). The fourth-order valence-electron chi connectivity index (χ4n) is 3.38. The number of methoxy groups -OCH3 is 1. The van der Waals surface area contributed by atoms with E-state index in [1.54, 1.807) is 42.5 Å². The Morgan fingerprint density at radius 3 is 2.16 bits per heavy atom. The number of anilines is 1. The Morgan fingerprint density at radius 1 is 0.935 bits per heavy atom. The van der Waals surface area contributed by atoms with Gasteiger partial charge in [0.1, 0.15) is 5.75 Å². The van der Waals surface area contributed by atoms with Gasteiger partial charge in [-0.25, -0.2) is 4.79 Å². The summed E-state index contributed by atoms with van der Waals surface area (Å²) in [6.45, 7) is 1.98. The minimum absolute atomic E-state index is 0.114. The third kappa shape index (κ3) is 4.09. The third-order valence-corrected chi connectivity index (χ3v) is 6.29. The Kier molecular flexibility index (Phi) is 5.61. The molecule has 0 saturated heterocycles. The minimum atomic E-state index is -0.197. The highest BCUT2D eigenvalue weighted by atomic mass is 32.2. The molecular formula is C24H23N3O3S. The Labute approximate surface area is 184 Å². The second-order valence-electron chi connectivity index (χ2n) is 7.34. The summed E-state index contributed by atoms with van der Waals surface area (Å²) in [6, 6.07) is 18.9. The fourth-order valence-corrected chi connectivity index (χ4v) is 4.29. The molecule has 6 nitrogen and oxygen atoms in total. The summed E-state index contributed by atoms with van der Waals surface area (Å²) in [7, 11) is 5.11. The number of nitrogens with zero attached hydrogens (tertiary/aromatic N) is 2. The van der Waals surface area contributed by atoms with Crippen LogP contribution >= 0.6 is 11.8 Å². The van der Waals surface area contributed by atoms with Crippen molar-refractivity contribution in [1.82, 2.24) is 9.13 Å². The van der Waals surface area contributed by atoms with Gasteiger partial charge in [-0.3, -0.25) is 13.9 Å². The lowest BCUT2D eigenvalue weighted by Crippen LogP contribution is -2.19. The average Bonchev–Trinajstić information content (AvgIpc) is 2.98. The van der Waals surface area contributed by atoms with E-state index in [0.29, 0.717) is 11.3 Å². The number of fused-ring (bicyclic) bond motifs is 1. The number of amides is 1. The Hall–Kier alpha value is -3.45. The molecule has 0 aliphatic heterocycles. The van der Waals surface area contributed by atoms with Crippen LogP contribution in [-0.2, 0) is 14.1 Å². The highest BCUT2D eigenvalue weighted by Crippen LogP contribution is 2.37. The number of imidazole rings is 1. The molecule has 31 heavy (non-hydrogen) atoms. The minimum Gasteiger partial charge on any atom is -0.497 e. The first-order chi connectivity index (χ1) is 14.9. The first kappa shape index (κ1) is 20.8. The molecule has 1 heterocycles. The molecule has 0 bridgehead atoms. The molecule has 0 unspecified atom stereocenters. The zero-order chi connectivity index (χ0) is 22.1. The number of benzene rings is 3. The molecule has 0 spiro atoms. The average molecular weight is 434 g/mol. The van der Waals surface area contributed by atoms with E-state index in [-0.39, 0.29) is 11.6 Å². The smallest absolute Gasteiger partial charge is 0.328 e. The van der Waals surface area contributed by atoms with E-state index in [1.165, 1.54) is 11.8 Å². The summed E-state index contributed by atoms with van der Waals surface area (Å²) in [5, 5.41) is 3.03. The Bertz CT molecular complexity index is 1320. The lowest BCUT2D eigenvalue weighted by Gasteiger charge is -2.13. The van der Waals surface area contributed by atoms with Gasteiger partial charge in [0.05, 0.1) is 23.8 Å². The molecule has 0 aliphatic rings. The van der Waals surface area contributed by atoms with Crippen molar-refractivity contribution in [3.8, 4) is 5.75 Å². The lowest BCUT2D eigenvalue weighted by molar-refractivity contribution is 0.102. The van der Waals surface area contributed by atoms with Crippen molar-refractivity contribution < 1.29 is 9.53 Å². The van der Waals surface area contributed by atoms with Crippen LogP contribution in [0.4, 0.5) is 5.69 Å². The van der Waals surface area contributed by atoms with Gasteiger partial charge in [0, 0.05) is 29.4 Å². The molecule has 0 atom stereocenters. The topological polar surface area (TPSA) is 65.3 Å². The van der Waals surface area contributed by atoms with E-state index in [4.69, 9.17) is 4.74 Å². The van der Waals surface area contributed by atoms with E-state index in [2.05, 4.69) is 5.32 Å². The molecule has 158 valence electrons. The molecule has 3 aromatic carbocycles. The van der Waals surface area contributed by atoms with Gasteiger partial charge < -0.3 is 10.1 Å². The van der Waals surface area contributed by atoms with Gasteiger partial charge in [-0.15, -0.1) is 0 Å². The highest BCUT2D eigenvalue weighted by molar-refractivity contribution is 7.99. The summed E-state index contributed by atoms with van der Waals surface area (Å²) in [5.41, 5.74) is 3.76. The quantitative estimate of drug-likeness (QED) is 0.500. The third-order valence-electron chi connectivity index (χ3n) is 5.22. The second kappa shape index (κ2) is 8.35. The molecular weight excluding hydrogens is 410 g/mol. The van der Waals surface area contributed by atoms with Gasteiger partial charge in [-0.05, 0) is 55.5 Å². The summed E-state index contributed by atoms with van der Waals surface area (Å²) >= 11 is 1.52. The summed E-state index contributed by atoms with van der Waals surface area (Å²) in [6.07, 6.45) is 0. The van der Waals surface area contributed by atoms with Crippen LogP contribution in [0.15, 0.2) is 75.2 Å².